The van der Waals surface area contributed by atoms with Crippen LogP contribution in [0.1, 0.15) is 39.1 Å². The van der Waals surface area contributed by atoms with E-state index >= 15 is 0 Å². The van der Waals surface area contributed by atoms with Crippen LogP contribution in [0, 0.1) is 11.3 Å². The first-order valence-electron chi connectivity index (χ1n) is 15.1. The molecule has 0 spiro atoms. The lowest BCUT2D eigenvalue weighted by Crippen LogP contribution is -2.51. The van der Waals surface area contributed by atoms with Crippen molar-refractivity contribution in [2.24, 2.45) is 11.7 Å². The van der Waals surface area contributed by atoms with Gasteiger partial charge in [-0.1, -0.05) is 42.5 Å². The van der Waals surface area contributed by atoms with Gasteiger partial charge in [0.15, 0.2) is 5.96 Å². The van der Waals surface area contributed by atoms with Crippen molar-refractivity contribution in [3.63, 3.8) is 0 Å². The number of guanidine groups is 1. The molecule has 252 valence electrons. The summed E-state index contributed by atoms with van der Waals surface area (Å²) in [5.74, 6) is -1.96. The molecule has 1 saturated heterocycles. The molecule has 1 heterocycles. The maximum atomic E-state index is 13.6. The summed E-state index contributed by atoms with van der Waals surface area (Å²) in [4.78, 5) is 39.2. The zero-order valence-electron chi connectivity index (χ0n) is 25.9. The lowest BCUT2D eigenvalue weighted by Gasteiger charge is -2.33. The predicted molar refractivity (Wildman–Crippen MR) is 186 cm³/mol. The Morgan fingerprint density at radius 1 is 0.938 bits per heavy atom. The van der Waals surface area contributed by atoms with Gasteiger partial charge in [-0.25, -0.2) is 13.2 Å². The first kappa shape index (κ1) is 35.9. The maximum Gasteiger partial charge on any atom is 0.335 e. The normalized spacial score (nSPS) is 15.2. The van der Waals surface area contributed by atoms with Crippen molar-refractivity contribution < 1.29 is 27.9 Å². The highest BCUT2D eigenvalue weighted by Gasteiger charge is 2.28. The number of sulfonamides is 1. The second-order valence-electron chi connectivity index (χ2n) is 11.5. The van der Waals surface area contributed by atoms with Crippen molar-refractivity contribution in [1.29, 1.82) is 5.41 Å². The number of nitrogens with two attached hydrogens (primary N) is 1. The lowest BCUT2D eigenvalue weighted by atomic mass is 9.98. The zero-order chi connectivity index (χ0) is 33.6. The molecule has 0 unspecified atom stereocenters. The Balaban J connectivity index is 0.00000520. The summed E-state index contributed by atoms with van der Waals surface area (Å²) < 4.78 is 29.7. The molecule has 4 aromatic rings. The molecule has 1 aliphatic heterocycles. The fourth-order valence-electron chi connectivity index (χ4n) is 5.52. The van der Waals surface area contributed by atoms with E-state index in [2.05, 4.69) is 15.4 Å². The Hall–Kier alpha value is -4.98. The van der Waals surface area contributed by atoms with Gasteiger partial charge in [-0.05, 0) is 90.0 Å². The lowest BCUT2D eigenvalue weighted by molar-refractivity contribution is -0.123. The third-order valence-electron chi connectivity index (χ3n) is 8.12. The number of carboxylic acid groups (broad SMARTS) is 1. The highest BCUT2D eigenvalue weighted by molar-refractivity contribution is 7.89. The number of carbonyl (C=O) groups excluding carboxylic acids is 2. The van der Waals surface area contributed by atoms with Gasteiger partial charge in [0.25, 0.3) is 5.91 Å². The molecule has 7 N–H and O–H groups in total. The van der Waals surface area contributed by atoms with Crippen LogP contribution < -0.4 is 21.1 Å². The van der Waals surface area contributed by atoms with Crippen LogP contribution in [0.5, 0.6) is 0 Å². The van der Waals surface area contributed by atoms with Crippen molar-refractivity contribution in [2.75, 3.05) is 25.0 Å². The Labute approximate surface area is 284 Å². The second-order valence-corrected chi connectivity index (χ2v) is 13.2. The van der Waals surface area contributed by atoms with Gasteiger partial charge in [-0.3, -0.25) is 15.0 Å². The summed E-state index contributed by atoms with van der Waals surface area (Å²) in [5.41, 5.74) is 7.12. The van der Waals surface area contributed by atoms with E-state index in [1.165, 1.54) is 30.3 Å². The number of carboxylic acids is 1. The fraction of sp³-hybridized carbons (Fsp3) is 0.235. The largest absolute Gasteiger partial charge is 0.478 e. The number of benzene rings is 4. The quantitative estimate of drug-likeness (QED) is 0.101. The minimum Gasteiger partial charge on any atom is -0.478 e. The van der Waals surface area contributed by atoms with Crippen LogP contribution in [-0.2, 0) is 21.2 Å². The van der Waals surface area contributed by atoms with Gasteiger partial charge in [0, 0.05) is 30.9 Å². The number of rotatable bonds is 11. The van der Waals surface area contributed by atoms with Crippen LogP contribution in [-0.4, -0.2) is 67.8 Å². The smallest absolute Gasteiger partial charge is 0.335 e. The van der Waals surface area contributed by atoms with E-state index in [0.717, 1.165) is 23.6 Å². The summed E-state index contributed by atoms with van der Waals surface area (Å²) in [6.45, 7) is 1.50. The number of carbonyl (C=O) groups is 3. The molecule has 2 amide bonds. The zero-order valence-corrected chi connectivity index (χ0v) is 27.5. The Morgan fingerprint density at radius 3 is 2.27 bits per heavy atom. The number of halogens is 1. The second kappa shape index (κ2) is 15.7. The third-order valence-corrected chi connectivity index (χ3v) is 9.58. The summed E-state index contributed by atoms with van der Waals surface area (Å²) in [7, 11) is -4.11. The average Bonchev–Trinajstić information content (AvgIpc) is 3.07. The maximum absolute atomic E-state index is 13.6. The fourth-order valence-corrected chi connectivity index (χ4v) is 6.75. The highest BCUT2D eigenvalue weighted by Crippen LogP contribution is 2.21. The number of hydrogen-bond acceptors (Lipinski definition) is 6. The number of likely N-dealkylation sites (tertiary alicyclic amines) is 1. The molecule has 0 aliphatic carbocycles. The molecule has 1 fully saturated rings. The van der Waals surface area contributed by atoms with Crippen LogP contribution in [0.2, 0.25) is 0 Å². The van der Waals surface area contributed by atoms with Gasteiger partial charge >= 0.3 is 5.97 Å². The molecule has 14 heteroatoms. The Morgan fingerprint density at radius 2 is 1.60 bits per heavy atom. The van der Waals surface area contributed by atoms with Crippen LogP contribution in [0.3, 0.4) is 0 Å². The number of nitrogens with zero attached hydrogens (tertiary/aromatic N) is 1. The van der Waals surface area contributed by atoms with Crippen molar-refractivity contribution in [1.82, 2.24) is 14.9 Å². The summed E-state index contributed by atoms with van der Waals surface area (Å²) in [6.07, 6.45) is 1.68. The number of nitrogens with one attached hydrogen (secondary N) is 4. The van der Waals surface area contributed by atoms with E-state index in [4.69, 9.17) is 16.2 Å². The summed E-state index contributed by atoms with van der Waals surface area (Å²) in [5, 5.41) is 24.0. The van der Waals surface area contributed by atoms with Crippen molar-refractivity contribution in [2.45, 2.75) is 30.2 Å². The molecular formula is C34H37ClN6O6S. The molecule has 0 saturated carbocycles. The minimum atomic E-state index is -4.11. The third kappa shape index (κ3) is 9.09. The van der Waals surface area contributed by atoms with Crippen molar-refractivity contribution in [3.05, 3.63) is 108 Å². The minimum absolute atomic E-state index is 0. The number of fused-ring (bicyclic) bond motifs is 1. The van der Waals surface area contributed by atoms with Gasteiger partial charge in [0.05, 0.1) is 10.5 Å². The predicted octanol–water partition coefficient (Wildman–Crippen LogP) is 3.82. The summed E-state index contributed by atoms with van der Waals surface area (Å²) in [6, 6.07) is 23.2. The monoisotopic (exact) mass is 692 g/mol. The van der Waals surface area contributed by atoms with Crippen molar-refractivity contribution in [3.8, 4) is 0 Å². The molecule has 0 aromatic heterocycles. The van der Waals surface area contributed by atoms with Gasteiger partial charge < -0.3 is 26.4 Å². The molecule has 12 nitrogen and oxygen atoms in total. The highest BCUT2D eigenvalue weighted by atomic mass is 35.5. The van der Waals surface area contributed by atoms with Crippen molar-refractivity contribution >= 4 is 62.6 Å². The molecule has 0 bridgehead atoms. The molecule has 2 atom stereocenters. The first-order chi connectivity index (χ1) is 22.5. The molecule has 0 radical (unpaired) electrons. The SMILES string of the molecule is Cl.N=C(N)N1CCC[C@H](CNC(=O)[C@@H](Cc2ccc(C(=O)Nc3ccc(C(=O)O)cc3)cc2)NS(=O)(=O)c2ccc3ccccc3c2)C1. The van der Waals surface area contributed by atoms with Crippen LogP contribution in [0.25, 0.3) is 10.8 Å². The van der Waals surface area contributed by atoms with Gasteiger partial charge in [-0.15, -0.1) is 12.4 Å². The number of anilines is 1. The number of aromatic carboxylic acids is 1. The molecular weight excluding hydrogens is 656 g/mol. The Kier molecular flexibility index (Phi) is 11.8. The van der Waals surface area contributed by atoms with E-state index in [-0.39, 0.29) is 41.2 Å². The van der Waals surface area contributed by atoms with E-state index < -0.39 is 33.8 Å². The number of piperidine rings is 1. The van der Waals surface area contributed by atoms with Crippen LogP contribution in [0.15, 0.2) is 95.9 Å². The summed E-state index contributed by atoms with van der Waals surface area (Å²) >= 11 is 0. The van der Waals surface area contributed by atoms with Gasteiger partial charge in [0.2, 0.25) is 15.9 Å². The topological polar surface area (TPSA) is 195 Å². The first-order valence-corrected chi connectivity index (χ1v) is 16.6. The van der Waals surface area contributed by atoms with Gasteiger partial charge in [0.1, 0.15) is 6.04 Å². The molecule has 4 aromatic carbocycles. The molecule has 1 aliphatic rings. The van der Waals surface area contributed by atoms with Gasteiger partial charge in [-0.2, -0.15) is 4.72 Å². The average molecular weight is 693 g/mol. The number of amides is 2. The van der Waals surface area contributed by atoms with E-state index in [1.54, 1.807) is 41.3 Å². The number of hydrogen-bond donors (Lipinski definition) is 6. The van der Waals surface area contributed by atoms with Crippen LogP contribution >= 0.6 is 12.4 Å². The molecule has 5 rings (SSSR count). The van der Waals surface area contributed by atoms with E-state index in [9.17, 15) is 22.8 Å². The Bertz CT molecular complexity index is 1900. The van der Waals surface area contributed by atoms with E-state index in [1.807, 2.05) is 24.3 Å². The standard InChI is InChI=1S/C34H36N6O6S.ClH/c35-34(36)40-17-3-4-23(21-40)20-37-32(42)30(39-47(45,46)29-16-13-24-5-1-2-6-27(24)19-29)18-22-7-9-25(10-8-22)31(41)38-28-14-11-26(12-15-28)33(43)44;/h1-2,5-16,19,23,30,39H,3-4,17-18,20-21H2,(H3,35,36)(H,37,42)(H,38,41)(H,43,44);1H/t23-,30-;/m1./s1. The molecule has 48 heavy (non-hydrogen) atoms. The van der Waals surface area contributed by atoms with E-state index in [0.29, 0.717) is 36.4 Å². The van der Waals surface area contributed by atoms with Crippen LogP contribution in [0.4, 0.5) is 5.69 Å².